The number of halogens is 1. The topological polar surface area (TPSA) is 38.3 Å². The van der Waals surface area contributed by atoms with Gasteiger partial charge in [-0.3, -0.25) is 0 Å². The van der Waals surface area contributed by atoms with E-state index in [-0.39, 0.29) is 29.7 Å². The highest BCUT2D eigenvalue weighted by atomic mass is 19.1. The van der Waals surface area contributed by atoms with Crippen molar-refractivity contribution in [1.82, 2.24) is 0 Å². The van der Waals surface area contributed by atoms with Gasteiger partial charge in [-0.2, -0.15) is 0 Å². The second kappa shape index (κ2) is 5.78. The molecule has 0 radical (unpaired) electrons. The number of allylic oxidation sites excluding steroid dienone is 2. The molecule has 2 aromatic carbocycles. The molecule has 4 heteroatoms. The molecule has 2 aliphatic rings. The Bertz CT molecular complexity index is 830. The van der Waals surface area contributed by atoms with Crippen LogP contribution >= 0.6 is 0 Å². The minimum Gasteiger partial charge on any atom is -0.465 e. The van der Waals surface area contributed by atoms with Crippen LogP contribution in [0, 0.1) is 11.7 Å². The van der Waals surface area contributed by atoms with E-state index in [2.05, 4.69) is 17.5 Å². The fourth-order valence-corrected chi connectivity index (χ4v) is 3.87. The van der Waals surface area contributed by atoms with Gasteiger partial charge in [-0.05, 0) is 42.2 Å². The predicted octanol–water partition coefficient (Wildman–Crippen LogP) is 4.44. The summed E-state index contributed by atoms with van der Waals surface area (Å²) in [6.45, 7) is 0. The van der Waals surface area contributed by atoms with Gasteiger partial charge in [0.05, 0.1) is 18.7 Å². The molecular weight excluding hydrogens is 305 g/mol. The normalized spacial score (nSPS) is 24.0. The first-order chi connectivity index (χ1) is 11.7. The average molecular weight is 323 g/mol. The number of benzene rings is 2. The highest BCUT2D eigenvalue weighted by Gasteiger charge is 2.39. The zero-order chi connectivity index (χ0) is 16.7. The lowest BCUT2D eigenvalue weighted by Crippen LogP contribution is -2.30. The molecule has 24 heavy (non-hydrogen) atoms. The summed E-state index contributed by atoms with van der Waals surface area (Å²) in [5.41, 5.74) is 3.26. The molecule has 0 bridgehead atoms. The van der Waals surface area contributed by atoms with E-state index in [1.165, 1.54) is 13.2 Å². The van der Waals surface area contributed by atoms with Crippen LogP contribution in [-0.2, 0) is 4.74 Å². The van der Waals surface area contributed by atoms with E-state index >= 15 is 0 Å². The minimum atomic E-state index is -0.340. The summed E-state index contributed by atoms with van der Waals surface area (Å²) in [5.74, 6) is -0.111. The Morgan fingerprint density at radius 2 is 2.04 bits per heavy atom. The summed E-state index contributed by atoms with van der Waals surface area (Å²) in [4.78, 5) is 11.8. The lowest BCUT2D eigenvalue weighted by molar-refractivity contribution is 0.0600. The standard InChI is InChI=1S/C20H18FNO2/c1-24-20(23)12-9-10-18-16(11-12)13-6-4-7-14(13)19(22-18)15-5-2-3-8-17(15)21/h2-6,8-11,13-14,19,22H,7H2,1H3/t13-,14+,19+/m1/s1. The fourth-order valence-electron chi connectivity index (χ4n) is 3.87. The molecule has 0 spiro atoms. The predicted molar refractivity (Wildman–Crippen MR) is 90.5 cm³/mol. The van der Waals surface area contributed by atoms with Crippen LogP contribution in [0.15, 0.2) is 54.6 Å². The summed E-state index contributed by atoms with van der Waals surface area (Å²) in [5, 5.41) is 3.48. The van der Waals surface area contributed by atoms with Gasteiger partial charge < -0.3 is 10.1 Å². The third-order valence-corrected chi connectivity index (χ3v) is 5.02. The van der Waals surface area contributed by atoms with Gasteiger partial charge in [-0.1, -0.05) is 30.4 Å². The van der Waals surface area contributed by atoms with Crippen LogP contribution in [0.4, 0.5) is 10.1 Å². The van der Waals surface area contributed by atoms with E-state index in [0.29, 0.717) is 11.1 Å². The van der Waals surface area contributed by atoms with E-state index in [4.69, 9.17) is 4.74 Å². The Hall–Kier alpha value is -2.62. The number of carbonyl (C=O) groups excluding carboxylic acids is 1. The zero-order valence-corrected chi connectivity index (χ0v) is 13.3. The van der Waals surface area contributed by atoms with Gasteiger partial charge in [0.2, 0.25) is 0 Å². The van der Waals surface area contributed by atoms with E-state index in [1.807, 2.05) is 24.3 Å². The van der Waals surface area contributed by atoms with E-state index < -0.39 is 0 Å². The molecule has 0 unspecified atom stereocenters. The summed E-state index contributed by atoms with van der Waals surface area (Å²) in [6, 6.07) is 12.4. The van der Waals surface area contributed by atoms with Crippen LogP contribution < -0.4 is 5.32 Å². The number of ether oxygens (including phenoxy) is 1. The van der Waals surface area contributed by atoms with Crippen LogP contribution in [0.1, 0.15) is 39.9 Å². The number of esters is 1. The highest BCUT2D eigenvalue weighted by Crippen LogP contribution is 2.50. The molecule has 2 aromatic rings. The third kappa shape index (κ3) is 2.30. The maximum atomic E-state index is 14.3. The Kier molecular flexibility index (Phi) is 3.60. The van der Waals surface area contributed by atoms with Crippen LogP contribution in [0.3, 0.4) is 0 Å². The summed E-state index contributed by atoms with van der Waals surface area (Å²) >= 11 is 0. The van der Waals surface area contributed by atoms with Crippen molar-refractivity contribution in [1.29, 1.82) is 0 Å². The number of carbonyl (C=O) groups is 1. The maximum absolute atomic E-state index is 14.3. The van der Waals surface area contributed by atoms with Crippen LogP contribution in [0.2, 0.25) is 0 Å². The van der Waals surface area contributed by atoms with E-state index in [1.54, 1.807) is 12.1 Å². The smallest absolute Gasteiger partial charge is 0.337 e. The molecule has 1 aliphatic carbocycles. The molecule has 1 N–H and O–H groups in total. The number of anilines is 1. The largest absolute Gasteiger partial charge is 0.465 e. The van der Waals surface area contributed by atoms with Gasteiger partial charge >= 0.3 is 5.97 Å². The molecule has 1 aliphatic heterocycles. The van der Waals surface area contributed by atoms with E-state index in [0.717, 1.165) is 17.7 Å². The Morgan fingerprint density at radius 1 is 1.21 bits per heavy atom. The van der Waals surface area contributed by atoms with Crippen molar-refractivity contribution in [3.05, 3.63) is 77.1 Å². The quantitative estimate of drug-likeness (QED) is 0.656. The van der Waals surface area contributed by atoms with Gasteiger partial charge in [0, 0.05) is 17.2 Å². The Balaban J connectivity index is 1.78. The van der Waals surface area contributed by atoms with Crippen LogP contribution in [-0.4, -0.2) is 13.1 Å². The first-order valence-corrected chi connectivity index (χ1v) is 8.09. The monoisotopic (exact) mass is 323 g/mol. The molecule has 0 saturated carbocycles. The van der Waals surface area contributed by atoms with Gasteiger partial charge in [0.15, 0.2) is 0 Å². The number of rotatable bonds is 2. The van der Waals surface area contributed by atoms with Gasteiger partial charge in [0.1, 0.15) is 5.82 Å². The second-order valence-electron chi connectivity index (χ2n) is 6.29. The summed E-state index contributed by atoms with van der Waals surface area (Å²) in [7, 11) is 1.38. The van der Waals surface area contributed by atoms with Crippen LogP contribution in [0.25, 0.3) is 0 Å². The molecule has 0 aromatic heterocycles. The number of hydrogen-bond donors (Lipinski definition) is 1. The first kappa shape index (κ1) is 14.9. The van der Waals surface area contributed by atoms with Gasteiger partial charge in [0.25, 0.3) is 0 Å². The van der Waals surface area contributed by atoms with Crippen molar-refractivity contribution in [2.75, 3.05) is 12.4 Å². The fraction of sp³-hybridized carbons (Fsp3) is 0.250. The molecule has 0 fully saturated rings. The Labute approximate surface area is 140 Å². The summed E-state index contributed by atoms with van der Waals surface area (Å²) in [6.07, 6.45) is 5.20. The highest BCUT2D eigenvalue weighted by molar-refractivity contribution is 5.90. The number of methoxy groups -OCH3 is 1. The lowest BCUT2D eigenvalue weighted by Gasteiger charge is -2.37. The van der Waals surface area contributed by atoms with Crippen molar-refractivity contribution in [2.45, 2.75) is 18.4 Å². The number of fused-ring (bicyclic) bond motifs is 3. The zero-order valence-electron chi connectivity index (χ0n) is 13.3. The second-order valence-corrected chi connectivity index (χ2v) is 6.29. The SMILES string of the molecule is COC(=O)c1ccc2c(c1)[C@@H]1C=CC[C@@H]1[C@@H](c1ccccc1F)N2. The Morgan fingerprint density at radius 3 is 2.83 bits per heavy atom. The van der Waals surface area contributed by atoms with Gasteiger partial charge in [-0.15, -0.1) is 0 Å². The van der Waals surface area contributed by atoms with Crippen molar-refractivity contribution in [2.24, 2.45) is 5.92 Å². The van der Waals surface area contributed by atoms with Crippen molar-refractivity contribution in [3.8, 4) is 0 Å². The summed E-state index contributed by atoms with van der Waals surface area (Å²) < 4.78 is 19.1. The van der Waals surface area contributed by atoms with E-state index in [9.17, 15) is 9.18 Å². The number of hydrogen-bond acceptors (Lipinski definition) is 3. The molecule has 3 nitrogen and oxygen atoms in total. The molecule has 0 saturated heterocycles. The average Bonchev–Trinajstić information content (AvgIpc) is 3.10. The molecule has 122 valence electrons. The number of nitrogens with one attached hydrogen (secondary N) is 1. The van der Waals surface area contributed by atoms with Crippen molar-refractivity contribution < 1.29 is 13.9 Å². The first-order valence-electron chi connectivity index (χ1n) is 8.09. The molecule has 3 atom stereocenters. The van der Waals surface area contributed by atoms with Crippen LogP contribution in [0.5, 0.6) is 0 Å². The maximum Gasteiger partial charge on any atom is 0.337 e. The lowest BCUT2D eigenvalue weighted by atomic mass is 9.76. The third-order valence-electron chi connectivity index (χ3n) is 5.02. The molecular formula is C20H18FNO2. The van der Waals surface area contributed by atoms with Crippen molar-refractivity contribution in [3.63, 3.8) is 0 Å². The molecule has 0 amide bonds. The van der Waals surface area contributed by atoms with Crippen molar-refractivity contribution >= 4 is 11.7 Å². The minimum absolute atomic E-state index is 0.0809. The molecule has 4 rings (SSSR count). The van der Waals surface area contributed by atoms with Gasteiger partial charge in [-0.25, -0.2) is 9.18 Å². The molecule has 1 heterocycles.